The van der Waals surface area contributed by atoms with Crippen LogP contribution in [0.5, 0.6) is 5.75 Å². The lowest BCUT2D eigenvalue weighted by atomic mass is 10.1. The van der Waals surface area contributed by atoms with Gasteiger partial charge >= 0.3 is 0 Å². The Labute approximate surface area is 120 Å². The highest BCUT2D eigenvalue weighted by Crippen LogP contribution is 2.14. The Balaban J connectivity index is 2.08. The van der Waals surface area contributed by atoms with Gasteiger partial charge in [-0.05, 0) is 30.9 Å². The molecule has 20 heavy (non-hydrogen) atoms. The molecule has 5 nitrogen and oxygen atoms in total. The van der Waals surface area contributed by atoms with Crippen LogP contribution in [-0.2, 0) is 4.79 Å². The number of carbonyl (C=O) groups is 1. The summed E-state index contributed by atoms with van der Waals surface area (Å²) < 4.78 is 5.45. The minimum absolute atomic E-state index is 0.0226. The number of aliphatic hydroxyl groups is 1. The van der Waals surface area contributed by atoms with Gasteiger partial charge in [-0.3, -0.25) is 4.79 Å². The number of nitrogens with one attached hydrogen (secondary N) is 1. The summed E-state index contributed by atoms with van der Waals surface area (Å²) >= 11 is 0. The Morgan fingerprint density at radius 1 is 1.50 bits per heavy atom. The maximum Gasteiger partial charge on any atom is 0.223 e. The molecule has 1 amide bonds. The van der Waals surface area contributed by atoms with E-state index in [0.717, 1.165) is 12.8 Å². The van der Waals surface area contributed by atoms with Gasteiger partial charge in [-0.15, -0.1) is 0 Å². The Kier molecular flexibility index (Phi) is 7.50. The number of anilines is 1. The van der Waals surface area contributed by atoms with Crippen LogP contribution in [0.2, 0.25) is 0 Å². The van der Waals surface area contributed by atoms with Gasteiger partial charge in [0, 0.05) is 24.9 Å². The molecule has 0 fully saturated rings. The summed E-state index contributed by atoms with van der Waals surface area (Å²) in [4.78, 5) is 11.5. The number of amides is 1. The first-order chi connectivity index (χ1) is 9.61. The molecule has 0 aliphatic carbocycles. The predicted octanol–water partition coefficient (Wildman–Crippen LogP) is 1.56. The molecule has 0 spiro atoms. The molecule has 1 unspecified atom stereocenters. The third-order valence-corrected chi connectivity index (χ3v) is 2.96. The van der Waals surface area contributed by atoms with E-state index in [1.165, 1.54) is 0 Å². The van der Waals surface area contributed by atoms with Gasteiger partial charge in [0.25, 0.3) is 0 Å². The van der Waals surface area contributed by atoms with Crippen LogP contribution in [0.15, 0.2) is 24.3 Å². The highest BCUT2D eigenvalue weighted by molar-refractivity contribution is 5.75. The summed E-state index contributed by atoms with van der Waals surface area (Å²) in [5.74, 6) is 0.943. The van der Waals surface area contributed by atoms with Gasteiger partial charge in [0.05, 0.1) is 13.0 Å². The highest BCUT2D eigenvalue weighted by Gasteiger charge is 2.03. The number of hydrogen-bond donors (Lipinski definition) is 3. The van der Waals surface area contributed by atoms with E-state index in [2.05, 4.69) is 5.32 Å². The number of nitrogen functional groups attached to an aromatic ring is 1. The Hall–Kier alpha value is -1.75. The van der Waals surface area contributed by atoms with Crippen LogP contribution in [0, 0.1) is 5.92 Å². The van der Waals surface area contributed by atoms with Gasteiger partial charge < -0.3 is 20.9 Å². The number of aliphatic hydroxyl groups excluding tert-OH is 1. The van der Waals surface area contributed by atoms with Crippen LogP contribution in [0.1, 0.15) is 26.2 Å². The van der Waals surface area contributed by atoms with E-state index in [9.17, 15) is 4.79 Å². The number of carbonyl (C=O) groups excluding carboxylic acids is 1. The van der Waals surface area contributed by atoms with Crippen LogP contribution >= 0.6 is 0 Å². The van der Waals surface area contributed by atoms with Crippen molar-refractivity contribution in [3.63, 3.8) is 0 Å². The molecule has 0 radical (unpaired) electrons. The number of benzene rings is 1. The predicted molar refractivity (Wildman–Crippen MR) is 79.5 cm³/mol. The van der Waals surface area contributed by atoms with Crippen molar-refractivity contribution >= 4 is 11.6 Å². The Morgan fingerprint density at radius 2 is 2.30 bits per heavy atom. The second kappa shape index (κ2) is 9.20. The molecule has 0 heterocycles. The number of nitrogens with two attached hydrogens (primary N) is 1. The molecule has 1 aromatic carbocycles. The number of ether oxygens (including phenoxy) is 1. The fraction of sp³-hybridized carbons (Fsp3) is 0.533. The van der Waals surface area contributed by atoms with Gasteiger partial charge in [-0.25, -0.2) is 0 Å². The quantitative estimate of drug-likeness (QED) is 0.473. The summed E-state index contributed by atoms with van der Waals surface area (Å²) in [7, 11) is 0. The topological polar surface area (TPSA) is 84.6 Å². The average Bonchev–Trinajstić information content (AvgIpc) is 2.43. The van der Waals surface area contributed by atoms with Crippen LogP contribution in [0.25, 0.3) is 0 Å². The zero-order chi connectivity index (χ0) is 14.8. The maximum absolute atomic E-state index is 11.5. The molecular formula is C15H24N2O3. The van der Waals surface area contributed by atoms with Gasteiger partial charge in [-0.2, -0.15) is 0 Å². The lowest BCUT2D eigenvalue weighted by Crippen LogP contribution is -2.26. The third kappa shape index (κ3) is 6.99. The molecule has 0 saturated carbocycles. The number of rotatable bonds is 9. The zero-order valence-corrected chi connectivity index (χ0v) is 12.0. The SMILES string of the molecule is CC(CO)CCCNC(=O)CCOc1cccc(N)c1. The molecule has 112 valence electrons. The van der Waals surface area contributed by atoms with Crippen LogP contribution in [0.4, 0.5) is 5.69 Å². The molecule has 1 aromatic rings. The van der Waals surface area contributed by atoms with E-state index in [-0.39, 0.29) is 12.5 Å². The first-order valence-electron chi connectivity index (χ1n) is 6.97. The highest BCUT2D eigenvalue weighted by atomic mass is 16.5. The molecule has 0 bridgehead atoms. The third-order valence-electron chi connectivity index (χ3n) is 2.96. The van der Waals surface area contributed by atoms with Crippen molar-refractivity contribution in [2.45, 2.75) is 26.2 Å². The van der Waals surface area contributed by atoms with Crippen molar-refractivity contribution in [1.29, 1.82) is 0 Å². The van der Waals surface area contributed by atoms with Gasteiger partial charge in [0.2, 0.25) is 5.91 Å². The van der Waals surface area contributed by atoms with Gasteiger partial charge in [0.15, 0.2) is 0 Å². The normalized spacial score (nSPS) is 11.9. The van der Waals surface area contributed by atoms with Gasteiger partial charge in [0.1, 0.15) is 5.75 Å². The van der Waals surface area contributed by atoms with Crippen molar-refractivity contribution in [2.24, 2.45) is 5.92 Å². The van der Waals surface area contributed by atoms with E-state index in [4.69, 9.17) is 15.6 Å². The minimum Gasteiger partial charge on any atom is -0.493 e. The van der Waals surface area contributed by atoms with Crippen LogP contribution in [0.3, 0.4) is 0 Å². The van der Waals surface area contributed by atoms with E-state index in [1.807, 2.05) is 19.1 Å². The molecule has 0 aliphatic heterocycles. The number of hydrogen-bond acceptors (Lipinski definition) is 4. The molecule has 4 N–H and O–H groups in total. The van der Waals surface area contributed by atoms with Crippen molar-refractivity contribution in [1.82, 2.24) is 5.32 Å². The van der Waals surface area contributed by atoms with Crippen LogP contribution in [-0.4, -0.2) is 30.8 Å². The molecular weight excluding hydrogens is 256 g/mol. The summed E-state index contributed by atoms with van der Waals surface area (Å²) in [5, 5.41) is 11.7. The largest absolute Gasteiger partial charge is 0.493 e. The second-order valence-corrected chi connectivity index (χ2v) is 4.95. The fourth-order valence-electron chi connectivity index (χ4n) is 1.72. The van der Waals surface area contributed by atoms with Crippen molar-refractivity contribution in [3.8, 4) is 5.75 Å². The van der Waals surface area contributed by atoms with E-state index >= 15 is 0 Å². The van der Waals surface area contributed by atoms with Crippen molar-refractivity contribution in [2.75, 3.05) is 25.5 Å². The smallest absolute Gasteiger partial charge is 0.223 e. The van der Waals surface area contributed by atoms with E-state index < -0.39 is 0 Å². The molecule has 0 saturated heterocycles. The summed E-state index contributed by atoms with van der Waals surface area (Å²) in [6, 6.07) is 7.14. The fourth-order valence-corrected chi connectivity index (χ4v) is 1.72. The van der Waals surface area contributed by atoms with E-state index in [0.29, 0.717) is 36.9 Å². The van der Waals surface area contributed by atoms with Crippen LogP contribution < -0.4 is 15.8 Å². The maximum atomic E-state index is 11.5. The summed E-state index contributed by atoms with van der Waals surface area (Å²) in [6.07, 6.45) is 2.12. The average molecular weight is 280 g/mol. The second-order valence-electron chi connectivity index (χ2n) is 4.95. The Bertz CT molecular complexity index is 410. The minimum atomic E-state index is -0.0226. The zero-order valence-electron chi connectivity index (χ0n) is 12.0. The first-order valence-corrected chi connectivity index (χ1v) is 6.97. The first kappa shape index (κ1) is 16.3. The summed E-state index contributed by atoms with van der Waals surface area (Å²) in [6.45, 7) is 3.16. The molecule has 5 heteroatoms. The molecule has 0 aromatic heterocycles. The van der Waals surface area contributed by atoms with Crippen molar-refractivity contribution in [3.05, 3.63) is 24.3 Å². The van der Waals surface area contributed by atoms with Crippen molar-refractivity contribution < 1.29 is 14.6 Å². The monoisotopic (exact) mass is 280 g/mol. The van der Waals surface area contributed by atoms with Gasteiger partial charge in [-0.1, -0.05) is 13.0 Å². The lowest BCUT2D eigenvalue weighted by molar-refractivity contribution is -0.121. The molecule has 1 rings (SSSR count). The Morgan fingerprint density at radius 3 is 3.00 bits per heavy atom. The molecule has 0 aliphatic rings. The lowest BCUT2D eigenvalue weighted by Gasteiger charge is -2.09. The van der Waals surface area contributed by atoms with E-state index in [1.54, 1.807) is 12.1 Å². The molecule has 1 atom stereocenters. The summed E-state index contributed by atoms with van der Waals surface area (Å²) in [5.41, 5.74) is 6.27. The standard InChI is InChI=1S/C15H24N2O3/c1-12(11-18)4-3-8-17-15(19)7-9-20-14-6-2-5-13(16)10-14/h2,5-6,10,12,18H,3-4,7-9,11,16H2,1H3,(H,17,19).